The lowest BCUT2D eigenvalue weighted by Gasteiger charge is -1.98. The second kappa shape index (κ2) is 4.76. The van der Waals surface area contributed by atoms with Crippen LogP contribution in [0.4, 0.5) is 0 Å². The first-order chi connectivity index (χ1) is 7.65. The Kier molecular flexibility index (Phi) is 3.36. The molecule has 0 aliphatic carbocycles. The van der Waals surface area contributed by atoms with Gasteiger partial charge in [-0.15, -0.1) is 11.3 Å². The summed E-state index contributed by atoms with van der Waals surface area (Å²) in [5.74, 6) is 0. The van der Waals surface area contributed by atoms with Crippen molar-refractivity contribution in [2.24, 2.45) is 7.05 Å². The molecule has 5 heteroatoms. The monoisotopic (exact) mass is 236 g/mol. The van der Waals surface area contributed by atoms with Crippen LogP contribution in [0.5, 0.6) is 0 Å². The SMILES string of the molecule is Cc1nc(CNCc2cnn(C)c2)sc1C. The van der Waals surface area contributed by atoms with Crippen molar-refractivity contribution in [3.8, 4) is 0 Å². The Balaban J connectivity index is 1.84. The predicted molar refractivity (Wildman–Crippen MR) is 65.3 cm³/mol. The average Bonchev–Trinajstić information content (AvgIpc) is 2.75. The quantitative estimate of drug-likeness (QED) is 0.880. The molecule has 0 spiro atoms. The molecule has 0 atom stereocenters. The molecule has 2 rings (SSSR count). The maximum absolute atomic E-state index is 4.48. The van der Waals surface area contributed by atoms with Crippen LogP contribution >= 0.6 is 11.3 Å². The van der Waals surface area contributed by atoms with E-state index >= 15 is 0 Å². The number of thiazole rings is 1. The van der Waals surface area contributed by atoms with Gasteiger partial charge in [-0.25, -0.2) is 4.98 Å². The summed E-state index contributed by atoms with van der Waals surface area (Å²) in [5, 5.41) is 8.64. The van der Waals surface area contributed by atoms with Gasteiger partial charge in [0.25, 0.3) is 0 Å². The molecule has 86 valence electrons. The minimum absolute atomic E-state index is 0.828. The highest BCUT2D eigenvalue weighted by atomic mass is 32.1. The number of nitrogens with zero attached hydrogens (tertiary/aromatic N) is 3. The maximum atomic E-state index is 4.48. The molecule has 0 radical (unpaired) electrons. The van der Waals surface area contributed by atoms with E-state index in [2.05, 4.69) is 29.2 Å². The number of aromatic nitrogens is 3. The Morgan fingerprint density at radius 1 is 1.38 bits per heavy atom. The van der Waals surface area contributed by atoms with Crippen LogP contribution < -0.4 is 5.32 Å². The third kappa shape index (κ3) is 2.68. The number of aryl methyl sites for hydroxylation is 3. The van der Waals surface area contributed by atoms with Gasteiger partial charge < -0.3 is 5.32 Å². The van der Waals surface area contributed by atoms with Gasteiger partial charge in [0, 0.05) is 36.8 Å². The first-order valence-corrected chi connectivity index (χ1v) is 6.08. The average molecular weight is 236 g/mol. The lowest BCUT2D eigenvalue weighted by molar-refractivity contribution is 0.687. The van der Waals surface area contributed by atoms with E-state index in [1.54, 1.807) is 11.3 Å². The first-order valence-electron chi connectivity index (χ1n) is 5.26. The van der Waals surface area contributed by atoms with Crippen molar-refractivity contribution in [3.63, 3.8) is 0 Å². The third-order valence-electron chi connectivity index (χ3n) is 2.44. The minimum Gasteiger partial charge on any atom is -0.306 e. The number of nitrogens with one attached hydrogen (secondary N) is 1. The number of hydrogen-bond donors (Lipinski definition) is 1. The van der Waals surface area contributed by atoms with E-state index in [0.717, 1.165) is 23.8 Å². The van der Waals surface area contributed by atoms with E-state index in [1.165, 1.54) is 10.4 Å². The van der Waals surface area contributed by atoms with Crippen molar-refractivity contribution in [3.05, 3.63) is 33.5 Å². The van der Waals surface area contributed by atoms with Crippen LogP contribution in [0, 0.1) is 13.8 Å². The van der Waals surface area contributed by atoms with Crippen molar-refractivity contribution in [2.75, 3.05) is 0 Å². The summed E-state index contributed by atoms with van der Waals surface area (Å²) in [6, 6.07) is 0. The molecular weight excluding hydrogens is 220 g/mol. The van der Waals surface area contributed by atoms with Gasteiger partial charge in [0.15, 0.2) is 0 Å². The van der Waals surface area contributed by atoms with Crippen LogP contribution in [-0.2, 0) is 20.1 Å². The van der Waals surface area contributed by atoms with Gasteiger partial charge in [-0.3, -0.25) is 4.68 Å². The Hall–Kier alpha value is -1.20. The smallest absolute Gasteiger partial charge is 0.107 e. The Labute approximate surface area is 99.3 Å². The normalized spacial score (nSPS) is 10.9. The fourth-order valence-corrected chi connectivity index (χ4v) is 2.40. The predicted octanol–water partition coefficient (Wildman–Crippen LogP) is 1.78. The van der Waals surface area contributed by atoms with Crippen molar-refractivity contribution >= 4 is 11.3 Å². The van der Waals surface area contributed by atoms with E-state index in [0.29, 0.717) is 0 Å². The summed E-state index contributed by atoms with van der Waals surface area (Å²) >= 11 is 1.76. The second-order valence-corrected chi connectivity index (χ2v) is 5.16. The largest absolute Gasteiger partial charge is 0.306 e. The van der Waals surface area contributed by atoms with Crippen molar-refractivity contribution in [1.29, 1.82) is 0 Å². The van der Waals surface area contributed by atoms with E-state index in [1.807, 2.05) is 24.1 Å². The molecule has 0 bridgehead atoms. The molecule has 2 aromatic heterocycles. The summed E-state index contributed by atoms with van der Waals surface area (Å²) in [7, 11) is 1.93. The molecule has 0 aromatic carbocycles. The van der Waals surface area contributed by atoms with Crippen molar-refractivity contribution in [2.45, 2.75) is 26.9 Å². The maximum Gasteiger partial charge on any atom is 0.107 e. The van der Waals surface area contributed by atoms with Gasteiger partial charge >= 0.3 is 0 Å². The highest BCUT2D eigenvalue weighted by molar-refractivity contribution is 7.11. The molecule has 16 heavy (non-hydrogen) atoms. The van der Waals surface area contributed by atoms with Crippen LogP contribution in [0.25, 0.3) is 0 Å². The topological polar surface area (TPSA) is 42.7 Å². The molecule has 4 nitrogen and oxygen atoms in total. The zero-order valence-corrected chi connectivity index (χ0v) is 10.6. The van der Waals surface area contributed by atoms with E-state index in [9.17, 15) is 0 Å². The Morgan fingerprint density at radius 3 is 2.75 bits per heavy atom. The van der Waals surface area contributed by atoms with Gasteiger partial charge in [0.05, 0.1) is 11.9 Å². The fraction of sp³-hybridized carbons (Fsp3) is 0.455. The van der Waals surface area contributed by atoms with E-state index < -0.39 is 0 Å². The highest BCUT2D eigenvalue weighted by Crippen LogP contribution is 2.15. The van der Waals surface area contributed by atoms with Gasteiger partial charge in [-0.05, 0) is 13.8 Å². The van der Waals surface area contributed by atoms with Crippen LogP contribution in [0.1, 0.15) is 21.1 Å². The zero-order valence-electron chi connectivity index (χ0n) is 9.82. The standard InChI is InChI=1S/C11H16N4S/c1-8-9(2)16-11(14-8)6-12-4-10-5-13-15(3)7-10/h5,7,12H,4,6H2,1-3H3. The molecular formula is C11H16N4S. The van der Waals surface area contributed by atoms with E-state index in [-0.39, 0.29) is 0 Å². The van der Waals surface area contributed by atoms with Crippen LogP contribution in [0.15, 0.2) is 12.4 Å². The zero-order chi connectivity index (χ0) is 11.5. The van der Waals surface area contributed by atoms with Gasteiger partial charge in [0.1, 0.15) is 5.01 Å². The second-order valence-electron chi connectivity index (χ2n) is 3.88. The van der Waals surface area contributed by atoms with Gasteiger partial charge in [-0.2, -0.15) is 5.10 Å². The molecule has 0 amide bonds. The van der Waals surface area contributed by atoms with Crippen LogP contribution in [-0.4, -0.2) is 14.8 Å². The van der Waals surface area contributed by atoms with Crippen LogP contribution in [0.3, 0.4) is 0 Å². The number of rotatable bonds is 4. The minimum atomic E-state index is 0.828. The summed E-state index contributed by atoms with van der Waals surface area (Å²) in [5.41, 5.74) is 2.34. The molecule has 0 unspecified atom stereocenters. The Morgan fingerprint density at radius 2 is 2.19 bits per heavy atom. The summed E-state index contributed by atoms with van der Waals surface area (Å²) in [6.07, 6.45) is 3.90. The van der Waals surface area contributed by atoms with Crippen molar-refractivity contribution < 1.29 is 0 Å². The Bertz CT molecular complexity index is 453. The summed E-state index contributed by atoms with van der Waals surface area (Å²) < 4.78 is 1.81. The molecule has 2 aromatic rings. The molecule has 0 saturated heterocycles. The molecule has 1 N–H and O–H groups in total. The van der Waals surface area contributed by atoms with Crippen molar-refractivity contribution in [1.82, 2.24) is 20.1 Å². The molecule has 0 aliphatic heterocycles. The summed E-state index contributed by atoms with van der Waals surface area (Å²) in [4.78, 5) is 5.79. The molecule has 0 fully saturated rings. The first kappa shape index (κ1) is 11.3. The molecule has 2 heterocycles. The molecule has 0 aliphatic rings. The third-order valence-corrected chi connectivity index (χ3v) is 3.51. The van der Waals surface area contributed by atoms with E-state index in [4.69, 9.17) is 0 Å². The fourth-order valence-electron chi connectivity index (χ4n) is 1.49. The molecule has 0 saturated carbocycles. The van der Waals surface area contributed by atoms with Gasteiger partial charge in [0.2, 0.25) is 0 Å². The summed E-state index contributed by atoms with van der Waals surface area (Å²) in [6.45, 7) is 5.83. The van der Waals surface area contributed by atoms with Crippen LogP contribution in [0.2, 0.25) is 0 Å². The lowest BCUT2D eigenvalue weighted by Crippen LogP contribution is -2.12. The highest BCUT2D eigenvalue weighted by Gasteiger charge is 2.03. The lowest BCUT2D eigenvalue weighted by atomic mass is 10.3. The van der Waals surface area contributed by atoms with Gasteiger partial charge in [-0.1, -0.05) is 0 Å². The number of hydrogen-bond acceptors (Lipinski definition) is 4.